The molecule has 1 aliphatic rings. The SMILES string of the molecule is C=C(OC(C)(C)C)N1CCNC(CN=O)C1. The Hall–Kier alpha value is -1.10. The van der Waals surface area contributed by atoms with Gasteiger partial charge in [0, 0.05) is 25.7 Å². The summed E-state index contributed by atoms with van der Waals surface area (Å²) in [4.78, 5) is 12.3. The average molecular weight is 227 g/mol. The summed E-state index contributed by atoms with van der Waals surface area (Å²) >= 11 is 0. The second kappa shape index (κ2) is 5.30. The van der Waals surface area contributed by atoms with Crippen LogP contribution in [-0.2, 0) is 4.74 Å². The van der Waals surface area contributed by atoms with E-state index in [0.29, 0.717) is 12.4 Å². The van der Waals surface area contributed by atoms with E-state index in [9.17, 15) is 4.91 Å². The Bertz CT molecular complexity index is 260. The van der Waals surface area contributed by atoms with Crippen molar-refractivity contribution in [3.05, 3.63) is 17.4 Å². The molecule has 1 fully saturated rings. The normalized spacial score (nSPS) is 21.7. The predicted octanol–water partition coefficient (Wildman–Crippen LogP) is 1.31. The quantitative estimate of drug-likeness (QED) is 0.581. The highest BCUT2D eigenvalue weighted by molar-refractivity contribution is 4.92. The Labute approximate surface area is 96.8 Å². The molecule has 5 nitrogen and oxygen atoms in total. The van der Waals surface area contributed by atoms with Gasteiger partial charge in [-0.3, -0.25) is 0 Å². The molecule has 92 valence electrons. The second-order valence-corrected chi connectivity index (χ2v) is 5.02. The highest BCUT2D eigenvalue weighted by atomic mass is 16.5. The molecule has 1 heterocycles. The fourth-order valence-electron chi connectivity index (χ4n) is 1.68. The molecule has 1 atom stereocenters. The Morgan fingerprint density at radius 3 is 2.88 bits per heavy atom. The Kier molecular flexibility index (Phi) is 4.29. The molecular formula is C11H21N3O2. The third-order valence-electron chi connectivity index (χ3n) is 2.33. The van der Waals surface area contributed by atoms with Gasteiger partial charge in [-0.1, -0.05) is 5.18 Å². The minimum absolute atomic E-state index is 0.103. The lowest BCUT2D eigenvalue weighted by molar-refractivity contribution is -0.00361. The van der Waals surface area contributed by atoms with E-state index in [2.05, 4.69) is 22.0 Å². The number of hydrogen-bond acceptors (Lipinski definition) is 5. The van der Waals surface area contributed by atoms with Crippen LogP contribution in [0.1, 0.15) is 20.8 Å². The van der Waals surface area contributed by atoms with Crippen molar-refractivity contribution in [1.29, 1.82) is 0 Å². The molecule has 1 rings (SSSR count). The zero-order chi connectivity index (χ0) is 12.2. The minimum atomic E-state index is -0.236. The van der Waals surface area contributed by atoms with Crippen LogP contribution in [0.3, 0.4) is 0 Å². The number of nitrogens with one attached hydrogen (secondary N) is 1. The van der Waals surface area contributed by atoms with Gasteiger partial charge in [-0.15, -0.1) is 0 Å². The van der Waals surface area contributed by atoms with Crippen LogP contribution in [0.25, 0.3) is 0 Å². The molecule has 0 aromatic rings. The zero-order valence-corrected chi connectivity index (χ0v) is 10.3. The summed E-state index contributed by atoms with van der Waals surface area (Å²) in [5.41, 5.74) is -0.236. The van der Waals surface area contributed by atoms with Gasteiger partial charge in [-0.2, -0.15) is 4.91 Å². The first-order valence-corrected chi connectivity index (χ1v) is 5.58. The molecule has 1 N–H and O–H groups in total. The number of piperazine rings is 1. The van der Waals surface area contributed by atoms with Gasteiger partial charge in [0.2, 0.25) is 0 Å². The van der Waals surface area contributed by atoms with Crippen molar-refractivity contribution >= 4 is 0 Å². The largest absolute Gasteiger partial charge is 0.474 e. The maximum absolute atomic E-state index is 10.2. The summed E-state index contributed by atoms with van der Waals surface area (Å²) < 4.78 is 5.70. The molecule has 0 amide bonds. The molecule has 0 aromatic carbocycles. The van der Waals surface area contributed by atoms with Crippen LogP contribution >= 0.6 is 0 Å². The van der Waals surface area contributed by atoms with Gasteiger partial charge >= 0.3 is 0 Å². The van der Waals surface area contributed by atoms with Crippen molar-refractivity contribution in [2.75, 3.05) is 26.2 Å². The number of hydrogen-bond donors (Lipinski definition) is 1. The summed E-state index contributed by atoms with van der Waals surface area (Å²) in [5, 5.41) is 6.15. The molecule has 0 aliphatic carbocycles. The Morgan fingerprint density at radius 2 is 2.31 bits per heavy atom. The molecule has 1 unspecified atom stereocenters. The maximum atomic E-state index is 10.2. The van der Waals surface area contributed by atoms with E-state index in [1.54, 1.807) is 0 Å². The summed E-state index contributed by atoms with van der Waals surface area (Å²) in [7, 11) is 0. The van der Waals surface area contributed by atoms with Gasteiger partial charge in [0.1, 0.15) is 5.60 Å². The van der Waals surface area contributed by atoms with Crippen molar-refractivity contribution in [3.8, 4) is 0 Å². The van der Waals surface area contributed by atoms with E-state index in [1.165, 1.54) is 0 Å². The first-order chi connectivity index (χ1) is 7.42. The van der Waals surface area contributed by atoms with E-state index in [1.807, 2.05) is 20.8 Å². The van der Waals surface area contributed by atoms with Gasteiger partial charge in [0.05, 0.1) is 6.54 Å². The molecule has 0 saturated carbocycles. The van der Waals surface area contributed by atoms with Crippen molar-refractivity contribution in [2.45, 2.75) is 32.4 Å². The lowest BCUT2D eigenvalue weighted by Crippen LogP contribution is -2.52. The summed E-state index contributed by atoms with van der Waals surface area (Å²) in [6, 6.07) is 0.103. The lowest BCUT2D eigenvalue weighted by atomic mass is 10.2. The lowest BCUT2D eigenvalue weighted by Gasteiger charge is -2.37. The Morgan fingerprint density at radius 1 is 1.62 bits per heavy atom. The molecule has 16 heavy (non-hydrogen) atoms. The summed E-state index contributed by atoms with van der Waals surface area (Å²) in [6.07, 6.45) is 0. The number of nitrogens with zero attached hydrogens (tertiary/aromatic N) is 2. The van der Waals surface area contributed by atoms with Crippen LogP contribution in [0, 0.1) is 4.91 Å². The fraction of sp³-hybridized carbons (Fsp3) is 0.818. The third-order valence-corrected chi connectivity index (χ3v) is 2.33. The summed E-state index contributed by atoms with van der Waals surface area (Å²) in [6.45, 7) is 12.6. The molecule has 0 spiro atoms. The first-order valence-electron chi connectivity index (χ1n) is 5.58. The second-order valence-electron chi connectivity index (χ2n) is 5.02. The standard InChI is InChI=1S/C11H21N3O2/c1-9(16-11(2,3)4)14-6-5-12-10(8-14)7-13-15/h10,12H,1,5-8H2,2-4H3. The van der Waals surface area contributed by atoms with E-state index in [-0.39, 0.29) is 11.6 Å². The first kappa shape index (κ1) is 13.0. The van der Waals surface area contributed by atoms with E-state index in [0.717, 1.165) is 19.6 Å². The van der Waals surface area contributed by atoms with Gasteiger partial charge in [-0.05, 0) is 27.4 Å². The van der Waals surface area contributed by atoms with Crippen molar-refractivity contribution in [3.63, 3.8) is 0 Å². The Balaban J connectivity index is 2.47. The van der Waals surface area contributed by atoms with Gasteiger partial charge < -0.3 is 15.0 Å². The molecule has 0 aromatic heterocycles. The maximum Gasteiger partial charge on any atom is 0.182 e. The van der Waals surface area contributed by atoms with Crippen LogP contribution in [0.5, 0.6) is 0 Å². The van der Waals surface area contributed by atoms with Crippen molar-refractivity contribution < 1.29 is 4.74 Å². The average Bonchev–Trinajstić information content (AvgIpc) is 2.16. The molecular weight excluding hydrogens is 206 g/mol. The van der Waals surface area contributed by atoms with Gasteiger partial charge in [0.15, 0.2) is 5.88 Å². The minimum Gasteiger partial charge on any atom is -0.474 e. The van der Waals surface area contributed by atoms with Crippen LogP contribution < -0.4 is 5.32 Å². The van der Waals surface area contributed by atoms with Crippen LogP contribution in [0.15, 0.2) is 17.6 Å². The monoisotopic (exact) mass is 227 g/mol. The predicted molar refractivity (Wildman–Crippen MR) is 64.0 cm³/mol. The van der Waals surface area contributed by atoms with E-state index in [4.69, 9.17) is 4.74 Å². The molecule has 1 saturated heterocycles. The van der Waals surface area contributed by atoms with Crippen LogP contribution in [0.4, 0.5) is 0 Å². The van der Waals surface area contributed by atoms with E-state index < -0.39 is 0 Å². The fourth-order valence-corrected chi connectivity index (χ4v) is 1.68. The zero-order valence-electron chi connectivity index (χ0n) is 10.3. The number of rotatable bonds is 4. The van der Waals surface area contributed by atoms with Crippen molar-refractivity contribution in [1.82, 2.24) is 10.2 Å². The highest BCUT2D eigenvalue weighted by Gasteiger charge is 2.23. The van der Waals surface area contributed by atoms with Gasteiger partial charge in [-0.25, -0.2) is 0 Å². The van der Waals surface area contributed by atoms with E-state index >= 15 is 0 Å². The molecule has 0 radical (unpaired) electrons. The topological polar surface area (TPSA) is 53.9 Å². The molecule has 1 aliphatic heterocycles. The number of nitroso groups, excluding NO2 is 1. The van der Waals surface area contributed by atoms with Gasteiger partial charge in [0.25, 0.3) is 0 Å². The van der Waals surface area contributed by atoms with Crippen LogP contribution in [0.2, 0.25) is 0 Å². The molecule has 5 heteroatoms. The third kappa shape index (κ3) is 4.18. The molecule has 0 bridgehead atoms. The summed E-state index contributed by atoms with van der Waals surface area (Å²) in [5.74, 6) is 0.671. The smallest absolute Gasteiger partial charge is 0.182 e. The highest BCUT2D eigenvalue weighted by Crippen LogP contribution is 2.16. The van der Waals surface area contributed by atoms with Crippen molar-refractivity contribution in [2.24, 2.45) is 5.18 Å². The van der Waals surface area contributed by atoms with Crippen LogP contribution in [-0.4, -0.2) is 42.7 Å². The number of ether oxygens (including phenoxy) is 1.